The zero-order valence-corrected chi connectivity index (χ0v) is 39.1. The highest BCUT2D eigenvalue weighted by atomic mass is 16.5. The summed E-state index contributed by atoms with van der Waals surface area (Å²) < 4.78 is 18.9. The Balaban J connectivity index is 0.915. The van der Waals surface area contributed by atoms with Crippen LogP contribution in [0.25, 0.3) is 77.2 Å². The van der Waals surface area contributed by atoms with Crippen LogP contribution in [-0.2, 0) is 0 Å². The summed E-state index contributed by atoms with van der Waals surface area (Å²) in [6.07, 6.45) is 0. The summed E-state index contributed by atoms with van der Waals surface area (Å²) in [6, 6.07) is 92.1. The predicted molar refractivity (Wildman–Crippen MR) is 301 cm³/mol. The Morgan fingerprint density at radius 3 is 1.54 bits per heavy atom. The Hall–Kier alpha value is -9.25. The molecule has 0 N–H and O–H groups in total. The molecule has 15 rings (SSSR count). The number of hydrogen-bond donors (Lipinski definition) is 0. The molecule has 0 aliphatic carbocycles. The average Bonchev–Trinajstić information content (AvgIpc) is 3.97. The third-order valence-electron chi connectivity index (χ3n) is 15.2. The molecule has 0 saturated heterocycles. The number of ether oxygens (including phenoxy) is 2. The maximum absolute atomic E-state index is 7.21. The number of nitrogens with zero attached hydrogens (tertiary/aromatic N) is 2. The van der Waals surface area contributed by atoms with Gasteiger partial charge >= 0.3 is 0 Å². The molecule has 6 heteroatoms. The number of aromatic nitrogens is 2. The van der Waals surface area contributed by atoms with E-state index < -0.39 is 0 Å². The molecule has 0 amide bonds. The number of hydrogen-bond acceptors (Lipinski definition) is 2. The fraction of sp³-hybridized carbons (Fsp3) is 0. The van der Waals surface area contributed by atoms with Crippen molar-refractivity contribution < 1.29 is 9.47 Å². The lowest BCUT2D eigenvalue weighted by Gasteiger charge is -2.34. The predicted octanol–water partition coefficient (Wildman–Crippen LogP) is 12.5. The van der Waals surface area contributed by atoms with Crippen molar-refractivity contribution in [3.63, 3.8) is 0 Å². The largest absolute Gasteiger partial charge is 0.459 e. The third kappa shape index (κ3) is 6.15. The van der Waals surface area contributed by atoms with E-state index in [1.165, 1.54) is 76.8 Å². The number of benzene rings is 11. The minimum absolute atomic E-state index is 0.122. The van der Waals surface area contributed by atoms with Crippen molar-refractivity contribution in [2.24, 2.45) is 0 Å². The van der Waals surface area contributed by atoms with E-state index in [1.807, 2.05) is 0 Å². The normalized spacial score (nSPS) is 12.6. The SMILES string of the molecule is c1ccc(-c2ccc(-n3c4ccccc4c4c5c6ccccc6n(-c6cccc(B7c8ccccc8Oc8c7ccc7c8B(c8ccccc8-c8ccccc8)c8ccccc8O7)c6)c5ccc43)cc2)cc1. The minimum Gasteiger partial charge on any atom is -0.459 e. The Morgan fingerprint density at radius 1 is 0.306 bits per heavy atom. The number of para-hydroxylation sites is 4. The van der Waals surface area contributed by atoms with Crippen LogP contribution in [-0.4, -0.2) is 22.6 Å². The van der Waals surface area contributed by atoms with Gasteiger partial charge in [0.25, 0.3) is 13.4 Å². The highest BCUT2D eigenvalue weighted by Crippen LogP contribution is 2.43. The second-order valence-electron chi connectivity index (χ2n) is 19.1. The molecule has 11 aromatic carbocycles. The van der Waals surface area contributed by atoms with E-state index in [2.05, 4.69) is 264 Å². The van der Waals surface area contributed by atoms with Crippen LogP contribution in [0.2, 0.25) is 0 Å². The molecule has 0 atom stereocenters. The molecule has 0 saturated carbocycles. The van der Waals surface area contributed by atoms with Gasteiger partial charge in [0.2, 0.25) is 0 Å². The van der Waals surface area contributed by atoms with Gasteiger partial charge in [-0.25, -0.2) is 0 Å². The standard InChI is InChI=1S/C66H42B2N2O2/c1-3-18-43(19-4-1)44-34-36-47(37-35-44)69-56-30-13-8-25-50(56)63-58(69)39-40-59-64(63)51-26-9-14-31-57(51)70(59)48-23-17-22-46(42-48)67-53-28-11-16-33-61(53)72-66-55(67)38-41-62-65(66)68(54-29-12-15-32-60(54)71-62)52-27-10-7-24-49(52)45-20-5-2-6-21-45/h1-42H. The van der Waals surface area contributed by atoms with Crippen molar-refractivity contribution >= 4 is 89.8 Å². The molecular weight excluding hydrogens is 874 g/mol. The summed E-state index contributed by atoms with van der Waals surface area (Å²) in [6.45, 7) is -0.272. The molecular formula is C66H42B2N2O2. The van der Waals surface area contributed by atoms with Crippen molar-refractivity contribution in [2.45, 2.75) is 0 Å². The molecule has 13 aromatic rings. The molecule has 0 fully saturated rings. The van der Waals surface area contributed by atoms with Crippen LogP contribution >= 0.6 is 0 Å². The monoisotopic (exact) mass is 916 g/mol. The van der Waals surface area contributed by atoms with Crippen molar-refractivity contribution in [1.29, 1.82) is 0 Å². The summed E-state index contributed by atoms with van der Waals surface area (Å²) in [5.74, 6) is 3.39. The Kier molecular flexibility index (Phi) is 9.12. The molecule has 0 spiro atoms. The van der Waals surface area contributed by atoms with Crippen molar-refractivity contribution in [2.75, 3.05) is 0 Å². The van der Waals surface area contributed by atoms with E-state index in [9.17, 15) is 0 Å². The lowest BCUT2D eigenvalue weighted by Crippen LogP contribution is -2.60. The Morgan fingerprint density at radius 2 is 0.847 bits per heavy atom. The lowest BCUT2D eigenvalue weighted by molar-refractivity contribution is 0.469. The van der Waals surface area contributed by atoms with E-state index >= 15 is 0 Å². The summed E-state index contributed by atoms with van der Waals surface area (Å²) >= 11 is 0. The van der Waals surface area contributed by atoms with Gasteiger partial charge in [-0.1, -0.05) is 199 Å². The van der Waals surface area contributed by atoms with Gasteiger partial charge in [0.05, 0.1) is 22.1 Å². The Bertz CT molecular complexity index is 4290. The van der Waals surface area contributed by atoms with Gasteiger partial charge in [-0.2, -0.15) is 0 Å². The van der Waals surface area contributed by atoms with Gasteiger partial charge in [0.15, 0.2) is 0 Å². The topological polar surface area (TPSA) is 28.3 Å². The molecule has 0 bridgehead atoms. The fourth-order valence-electron chi connectivity index (χ4n) is 12.1. The molecule has 334 valence electrons. The maximum Gasteiger partial charge on any atom is 0.256 e. The van der Waals surface area contributed by atoms with Crippen molar-refractivity contribution in [1.82, 2.24) is 9.13 Å². The summed E-state index contributed by atoms with van der Waals surface area (Å²) in [5, 5.41) is 4.96. The maximum atomic E-state index is 7.21. The molecule has 2 aliphatic rings. The molecule has 0 unspecified atom stereocenters. The van der Waals surface area contributed by atoms with Crippen LogP contribution in [0, 0.1) is 0 Å². The van der Waals surface area contributed by atoms with Gasteiger partial charge < -0.3 is 18.6 Å². The second-order valence-corrected chi connectivity index (χ2v) is 19.1. The van der Waals surface area contributed by atoms with Crippen LogP contribution in [0.5, 0.6) is 23.0 Å². The summed E-state index contributed by atoms with van der Waals surface area (Å²) in [5.41, 5.74) is 18.5. The van der Waals surface area contributed by atoms with Crippen molar-refractivity contribution in [3.8, 4) is 56.6 Å². The molecule has 2 aromatic heterocycles. The van der Waals surface area contributed by atoms with E-state index in [0.29, 0.717) is 0 Å². The van der Waals surface area contributed by atoms with E-state index in [4.69, 9.17) is 9.47 Å². The number of fused-ring (bicyclic) bond motifs is 12. The zero-order chi connectivity index (χ0) is 47.3. The minimum atomic E-state index is -0.150. The first kappa shape index (κ1) is 40.6. The van der Waals surface area contributed by atoms with Crippen molar-refractivity contribution in [3.05, 3.63) is 255 Å². The van der Waals surface area contributed by atoms with Gasteiger partial charge in [0.1, 0.15) is 23.0 Å². The first-order valence-corrected chi connectivity index (χ1v) is 24.8. The molecule has 4 nitrogen and oxygen atoms in total. The molecule has 72 heavy (non-hydrogen) atoms. The summed E-state index contributed by atoms with van der Waals surface area (Å²) in [7, 11) is 0. The third-order valence-corrected chi connectivity index (χ3v) is 15.2. The molecule has 4 heterocycles. The van der Waals surface area contributed by atoms with Crippen LogP contribution in [0.1, 0.15) is 0 Å². The fourth-order valence-corrected chi connectivity index (χ4v) is 12.1. The molecule has 0 radical (unpaired) electrons. The summed E-state index contributed by atoms with van der Waals surface area (Å²) in [4.78, 5) is 0. The zero-order valence-electron chi connectivity index (χ0n) is 39.1. The second kappa shape index (κ2) is 16.2. The average molecular weight is 917 g/mol. The van der Waals surface area contributed by atoms with Crippen LogP contribution in [0.15, 0.2) is 255 Å². The van der Waals surface area contributed by atoms with E-state index in [-0.39, 0.29) is 13.4 Å². The van der Waals surface area contributed by atoms with Crippen LogP contribution < -0.4 is 42.3 Å². The first-order valence-electron chi connectivity index (χ1n) is 24.8. The van der Waals surface area contributed by atoms with Gasteiger partial charge in [-0.05, 0) is 105 Å². The highest BCUT2D eigenvalue weighted by Gasteiger charge is 2.42. The van der Waals surface area contributed by atoms with E-state index in [1.54, 1.807) is 0 Å². The Labute approximate surface area is 417 Å². The number of rotatable bonds is 6. The quantitative estimate of drug-likeness (QED) is 0.156. The van der Waals surface area contributed by atoms with Crippen LogP contribution in [0.4, 0.5) is 0 Å². The van der Waals surface area contributed by atoms with Gasteiger partial charge in [-0.15, -0.1) is 0 Å². The van der Waals surface area contributed by atoms with E-state index in [0.717, 1.165) is 56.2 Å². The lowest BCUT2D eigenvalue weighted by atomic mass is 9.31. The van der Waals surface area contributed by atoms with Gasteiger partial charge in [-0.3, -0.25) is 0 Å². The molecule has 2 aliphatic heterocycles. The highest BCUT2D eigenvalue weighted by molar-refractivity contribution is 7.01. The smallest absolute Gasteiger partial charge is 0.256 e. The van der Waals surface area contributed by atoms with Crippen LogP contribution in [0.3, 0.4) is 0 Å². The van der Waals surface area contributed by atoms with Gasteiger partial charge in [0, 0.05) is 38.4 Å². The first-order chi connectivity index (χ1) is 35.7.